The molecular formula is C23H34N6O5. The number of carbonyl (C=O) groups is 1. The quantitative estimate of drug-likeness (QED) is 0.494. The molecule has 1 aliphatic carbocycles. The number of nitrogens with two attached hydrogens (primary N) is 1. The third kappa shape index (κ3) is 4.61. The normalized spacial score (nSPS) is 33.0. The summed E-state index contributed by atoms with van der Waals surface area (Å²) in [6, 6.07) is 0.787. The highest BCUT2D eigenvalue weighted by Crippen LogP contribution is 2.45. The fourth-order valence-electron chi connectivity index (χ4n) is 5.51. The van der Waals surface area contributed by atoms with E-state index in [1.54, 1.807) is 6.33 Å². The van der Waals surface area contributed by atoms with Crippen molar-refractivity contribution in [1.82, 2.24) is 24.8 Å². The zero-order valence-corrected chi connectivity index (χ0v) is 19.9. The van der Waals surface area contributed by atoms with Crippen LogP contribution in [0.2, 0.25) is 0 Å². The molecule has 5 rings (SSSR count). The highest BCUT2D eigenvalue weighted by molar-refractivity contribution is 5.81. The molecule has 2 aromatic heterocycles. The van der Waals surface area contributed by atoms with Crippen molar-refractivity contribution < 1.29 is 24.1 Å². The minimum Gasteiger partial charge on any atom is -0.481 e. The van der Waals surface area contributed by atoms with E-state index < -0.39 is 18.0 Å². The topological polar surface area (TPSA) is 147 Å². The smallest absolute Gasteiger partial charge is 0.303 e. The van der Waals surface area contributed by atoms with Gasteiger partial charge in [-0.25, -0.2) is 15.0 Å². The SMILES string of the molecule is CC(CC[C@H]1O[C@@H](n2cnc3c(N)ncnc32)[C@@H]2OC(C)(C)O[C@@H]21)NC1CC(CCC(=O)O)C1. The first kappa shape index (κ1) is 23.4. The second-order valence-electron chi connectivity index (χ2n) is 10.3. The molecule has 3 aliphatic rings. The van der Waals surface area contributed by atoms with Crippen molar-refractivity contribution in [3.63, 3.8) is 0 Å². The Morgan fingerprint density at radius 3 is 2.79 bits per heavy atom. The first-order valence-electron chi connectivity index (χ1n) is 12.1. The molecule has 1 unspecified atom stereocenters. The van der Waals surface area contributed by atoms with Crippen LogP contribution in [0.1, 0.15) is 65.5 Å². The summed E-state index contributed by atoms with van der Waals surface area (Å²) >= 11 is 0. The highest BCUT2D eigenvalue weighted by Gasteiger charge is 2.55. The Balaban J connectivity index is 1.20. The Kier molecular flexibility index (Phi) is 6.21. The molecule has 11 heteroatoms. The summed E-state index contributed by atoms with van der Waals surface area (Å²) in [5, 5.41) is 12.5. The standard InChI is InChI=1S/C23H34N6O5/c1-12(28-14-8-13(9-14)5-7-16(30)31)4-6-15-18-19(34-23(2,3)33-18)22(32-15)29-11-27-17-20(24)25-10-26-21(17)29/h10-15,18-19,22,28H,4-9H2,1-3H3,(H,30,31)(H2,24,25,26)/t12?,13?,14?,15-,18-,19-,22-/m1/s1. The van der Waals surface area contributed by atoms with Crippen LogP contribution in [0.5, 0.6) is 0 Å². The predicted molar refractivity (Wildman–Crippen MR) is 123 cm³/mol. The van der Waals surface area contributed by atoms with Gasteiger partial charge in [-0.15, -0.1) is 0 Å². The number of carboxylic acid groups (broad SMARTS) is 1. The van der Waals surface area contributed by atoms with E-state index in [0.29, 0.717) is 35.0 Å². The zero-order valence-electron chi connectivity index (χ0n) is 19.9. The number of hydrogen-bond acceptors (Lipinski definition) is 9. The van der Waals surface area contributed by atoms with Gasteiger partial charge in [0.05, 0.1) is 12.4 Å². The number of nitrogen functional groups attached to an aromatic ring is 1. The molecule has 186 valence electrons. The van der Waals surface area contributed by atoms with Gasteiger partial charge in [-0.2, -0.15) is 0 Å². The van der Waals surface area contributed by atoms with Crippen molar-refractivity contribution in [1.29, 1.82) is 0 Å². The van der Waals surface area contributed by atoms with Crippen LogP contribution in [0, 0.1) is 5.92 Å². The summed E-state index contributed by atoms with van der Waals surface area (Å²) in [6.45, 7) is 6.04. The van der Waals surface area contributed by atoms with Gasteiger partial charge in [0.1, 0.15) is 24.1 Å². The van der Waals surface area contributed by atoms with E-state index in [4.69, 9.17) is 25.1 Å². The molecule has 2 aliphatic heterocycles. The first-order chi connectivity index (χ1) is 16.2. The van der Waals surface area contributed by atoms with Gasteiger partial charge in [-0.05, 0) is 58.8 Å². The lowest BCUT2D eigenvalue weighted by atomic mass is 9.77. The number of nitrogens with one attached hydrogen (secondary N) is 1. The van der Waals surface area contributed by atoms with Crippen LogP contribution in [-0.4, -0.2) is 66.8 Å². The molecule has 4 heterocycles. The van der Waals surface area contributed by atoms with E-state index in [2.05, 4.69) is 27.2 Å². The van der Waals surface area contributed by atoms with Crippen LogP contribution < -0.4 is 11.1 Å². The number of aliphatic carboxylic acids is 1. The molecule has 2 aromatic rings. The number of carboxylic acids is 1. The van der Waals surface area contributed by atoms with E-state index in [-0.39, 0.29) is 24.7 Å². The van der Waals surface area contributed by atoms with Gasteiger partial charge in [-0.1, -0.05) is 0 Å². The van der Waals surface area contributed by atoms with E-state index in [9.17, 15) is 4.79 Å². The minimum absolute atomic E-state index is 0.123. The number of imidazole rings is 1. The maximum Gasteiger partial charge on any atom is 0.303 e. The Labute approximate surface area is 198 Å². The predicted octanol–water partition coefficient (Wildman–Crippen LogP) is 2.23. The first-order valence-corrected chi connectivity index (χ1v) is 12.1. The Bertz CT molecular complexity index is 1040. The van der Waals surface area contributed by atoms with Crippen LogP contribution in [0.15, 0.2) is 12.7 Å². The molecule has 0 amide bonds. The largest absolute Gasteiger partial charge is 0.481 e. The summed E-state index contributed by atoms with van der Waals surface area (Å²) in [4.78, 5) is 23.5. The molecule has 11 nitrogen and oxygen atoms in total. The molecule has 0 aromatic carbocycles. The van der Waals surface area contributed by atoms with Crippen LogP contribution in [0.4, 0.5) is 5.82 Å². The number of hydrogen-bond donors (Lipinski definition) is 3. The second kappa shape index (κ2) is 9.03. The Morgan fingerprint density at radius 1 is 1.26 bits per heavy atom. The molecule has 1 saturated carbocycles. The fraction of sp³-hybridized carbons (Fsp3) is 0.739. The van der Waals surface area contributed by atoms with Gasteiger partial charge >= 0.3 is 5.97 Å². The van der Waals surface area contributed by atoms with Crippen LogP contribution in [0.3, 0.4) is 0 Å². The van der Waals surface area contributed by atoms with Crippen molar-refractivity contribution in [3.8, 4) is 0 Å². The van der Waals surface area contributed by atoms with Gasteiger partial charge in [0.15, 0.2) is 23.5 Å². The molecule has 34 heavy (non-hydrogen) atoms. The van der Waals surface area contributed by atoms with Gasteiger partial charge in [0.25, 0.3) is 0 Å². The number of fused-ring (bicyclic) bond motifs is 2. The molecule has 2 saturated heterocycles. The summed E-state index contributed by atoms with van der Waals surface area (Å²) in [5.74, 6) is -0.547. The zero-order chi connectivity index (χ0) is 24.0. The molecular weight excluding hydrogens is 440 g/mol. The number of nitrogens with zero attached hydrogens (tertiary/aromatic N) is 4. The van der Waals surface area contributed by atoms with E-state index in [1.165, 1.54) is 6.33 Å². The van der Waals surface area contributed by atoms with Crippen LogP contribution in [0.25, 0.3) is 11.2 Å². The number of ether oxygens (including phenoxy) is 3. The monoisotopic (exact) mass is 474 g/mol. The summed E-state index contributed by atoms with van der Waals surface area (Å²) in [6.07, 6.45) is 6.99. The Morgan fingerprint density at radius 2 is 2.03 bits per heavy atom. The fourth-order valence-corrected chi connectivity index (χ4v) is 5.51. The number of anilines is 1. The van der Waals surface area contributed by atoms with Crippen molar-refractivity contribution in [3.05, 3.63) is 12.7 Å². The molecule has 3 fully saturated rings. The maximum absolute atomic E-state index is 10.7. The number of rotatable bonds is 9. The van der Waals surface area contributed by atoms with Crippen molar-refractivity contribution >= 4 is 23.0 Å². The van der Waals surface area contributed by atoms with Gasteiger partial charge < -0.3 is 30.4 Å². The number of aromatic nitrogens is 4. The van der Waals surface area contributed by atoms with Crippen LogP contribution in [-0.2, 0) is 19.0 Å². The second-order valence-corrected chi connectivity index (χ2v) is 10.3. The lowest BCUT2D eigenvalue weighted by molar-refractivity contribution is -0.197. The third-order valence-corrected chi connectivity index (χ3v) is 7.19. The molecule has 0 radical (unpaired) electrons. The minimum atomic E-state index is -0.709. The summed E-state index contributed by atoms with van der Waals surface area (Å²) in [7, 11) is 0. The van der Waals surface area contributed by atoms with Gasteiger partial charge in [-0.3, -0.25) is 9.36 Å². The summed E-state index contributed by atoms with van der Waals surface area (Å²) in [5.41, 5.74) is 7.12. The third-order valence-electron chi connectivity index (χ3n) is 7.19. The lowest BCUT2D eigenvalue weighted by Crippen LogP contribution is -2.45. The van der Waals surface area contributed by atoms with E-state index >= 15 is 0 Å². The average Bonchev–Trinajstić information content (AvgIpc) is 3.39. The molecule has 0 spiro atoms. The Hall–Kier alpha value is -2.34. The highest BCUT2D eigenvalue weighted by atomic mass is 16.8. The van der Waals surface area contributed by atoms with Gasteiger partial charge in [0, 0.05) is 18.5 Å². The van der Waals surface area contributed by atoms with Gasteiger partial charge in [0.2, 0.25) is 0 Å². The lowest BCUT2D eigenvalue weighted by Gasteiger charge is -2.38. The van der Waals surface area contributed by atoms with Crippen molar-refractivity contribution in [2.45, 2.75) is 102 Å². The van der Waals surface area contributed by atoms with E-state index in [0.717, 1.165) is 32.1 Å². The molecule has 0 bridgehead atoms. The average molecular weight is 475 g/mol. The van der Waals surface area contributed by atoms with E-state index in [1.807, 2.05) is 18.4 Å². The molecule has 5 atom stereocenters. The maximum atomic E-state index is 10.7. The van der Waals surface area contributed by atoms with Crippen LogP contribution >= 0.6 is 0 Å². The van der Waals surface area contributed by atoms with Crippen molar-refractivity contribution in [2.75, 3.05) is 5.73 Å². The van der Waals surface area contributed by atoms with Crippen molar-refractivity contribution in [2.24, 2.45) is 5.92 Å². The molecule has 4 N–H and O–H groups in total. The summed E-state index contributed by atoms with van der Waals surface area (Å²) < 4.78 is 20.8.